The van der Waals surface area contributed by atoms with Gasteiger partial charge in [-0.25, -0.2) is 13.2 Å². The largest absolute Gasteiger partial charge is 0.479 e. The lowest BCUT2D eigenvalue weighted by atomic mass is 10.1. The van der Waals surface area contributed by atoms with E-state index in [9.17, 15) is 18.0 Å². The van der Waals surface area contributed by atoms with Gasteiger partial charge in [0.2, 0.25) is 5.91 Å². The molecule has 2 N–H and O–H groups in total. The van der Waals surface area contributed by atoms with Crippen LogP contribution in [0.15, 0.2) is 24.3 Å². The molecular weight excluding hydrogens is 294 g/mol. The van der Waals surface area contributed by atoms with Crippen LogP contribution in [-0.2, 0) is 19.4 Å². The molecule has 0 bridgehead atoms. The first-order valence-electron chi connectivity index (χ1n) is 5.15. The maximum absolute atomic E-state index is 11.5. The minimum atomic E-state index is -3.52. The molecule has 0 unspecified atom stereocenters. The van der Waals surface area contributed by atoms with Crippen LogP contribution in [0, 0.1) is 0 Å². The topological polar surface area (TPSA) is 101 Å². The average molecular weight is 306 g/mol. The normalized spacial score (nSPS) is 12.7. The number of hydrogen-bond donors (Lipinski definition) is 2. The summed E-state index contributed by atoms with van der Waals surface area (Å²) in [6.45, 7) is 0. The number of hydrogen-bond acceptors (Lipinski definition) is 4. The van der Waals surface area contributed by atoms with Crippen molar-refractivity contribution in [3.05, 3.63) is 34.9 Å². The molecule has 1 aromatic carbocycles. The summed E-state index contributed by atoms with van der Waals surface area (Å²) in [5.41, 5.74) is 0.193. The third kappa shape index (κ3) is 4.88. The van der Waals surface area contributed by atoms with E-state index in [-0.39, 0.29) is 10.6 Å². The van der Waals surface area contributed by atoms with Gasteiger partial charge in [0.1, 0.15) is 5.75 Å². The van der Waals surface area contributed by atoms with Crippen molar-refractivity contribution in [3.63, 3.8) is 0 Å². The molecular formula is C11H12ClNO5S. The highest BCUT2D eigenvalue weighted by Crippen LogP contribution is 2.22. The summed E-state index contributed by atoms with van der Waals surface area (Å²) >= 11 is 5.85. The molecule has 0 aromatic heterocycles. The highest BCUT2D eigenvalue weighted by Gasteiger charge is 2.25. The van der Waals surface area contributed by atoms with Crippen LogP contribution < -0.4 is 5.32 Å². The third-order valence-electron chi connectivity index (χ3n) is 2.16. The number of benzene rings is 1. The summed E-state index contributed by atoms with van der Waals surface area (Å²) in [5, 5.41) is 11.4. The summed E-state index contributed by atoms with van der Waals surface area (Å²) in [7, 11) is -3.52. The van der Waals surface area contributed by atoms with E-state index in [1.165, 1.54) is 12.1 Å². The van der Waals surface area contributed by atoms with Crippen molar-refractivity contribution in [2.45, 2.75) is 6.04 Å². The zero-order valence-electron chi connectivity index (χ0n) is 9.96. The third-order valence-corrected chi connectivity index (χ3v) is 3.29. The summed E-state index contributed by atoms with van der Waals surface area (Å²) < 4.78 is 21.9. The van der Waals surface area contributed by atoms with Gasteiger partial charge in [-0.1, -0.05) is 29.8 Å². The highest BCUT2D eigenvalue weighted by molar-refractivity contribution is 7.91. The van der Waals surface area contributed by atoms with Gasteiger partial charge in [0.25, 0.3) is 0 Å². The molecule has 0 heterocycles. The number of halogens is 1. The Labute approximate surface area is 115 Å². The van der Waals surface area contributed by atoms with Gasteiger partial charge in [-0.05, 0) is 6.07 Å². The molecule has 0 spiro atoms. The van der Waals surface area contributed by atoms with Crippen LogP contribution >= 0.6 is 11.6 Å². The number of rotatable bonds is 5. The quantitative estimate of drug-likeness (QED) is 0.831. The second kappa shape index (κ2) is 6.03. The number of carboxylic acids is 1. The predicted octanol–water partition coefficient (Wildman–Crippen LogP) is 0.627. The van der Waals surface area contributed by atoms with Crippen LogP contribution in [0.3, 0.4) is 0 Å². The fraction of sp³-hybridized carbons (Fsp3) is 0.273. The Balaban J connectivity index is 2.95. The molecule has 1 aromatic rings. The van der Waals surface area contributed by atoms with Crippen LogP contribution in [0.4, 0.5) is 0 Å². The first-order valence-corrected chi connectivity index (χ1v) is 7.59. The Morgan fingerprint density at radius 1 is 1.37 bits per heavy atom. The molecule has 0 saturated heterocycles. The van der Waals surface area contributed by atoms with Crippen molar-refractivity contribution in [1.29, 1.82) is 0 Å². The fourth-order valence-electron chi connectivity index (χ4n) is 1.42. The van der Waals surface area contributed by atoms with Gasteiger partial charge in [0.05, 0.1) is 0 Å². The van der Waals surface area contributed by atoms with E-state index in [0.29, 0.717) is 0 Å². The molecule has 6 nitrogen and oxygen atoms in total. The number of carboxylic acid groups (broad SMARTS) is 1. The Hall–Kier alpha value is -1.60. The number of carbonyl (C=O) groups excluding carboxylic acids is 1. The second-order valence-electron chi connectivity index (χ2n) is 3.93. The van der Waals surface area contributed by atoms with Crippen LogP contribution in [0.2, 0.25) is 5.02 Å². The lowest BCUT2D eigenvalue weighted by molar-refractivity contribution is -0.141. The van der Waals surface area contributed by atoms with Crippen molar-refractivity contribution >= 4 is 33.3 Å². The van der Waals surface area contributed by atoms with E-state index in [0.717, 1.165) is 6.26 Å². The fourth-order valence-corrected chi connectivity index (χ4v) is 2.23. The average Bonchev–Trinajstić information content (AvgIpc) is 2.24. The Morgan fingerprint density at radius 2 is 1.95 bits per heavy atom. The van der Waals surface area contributed by atoms with Crippen LogP contribution in [0.1, 0.15) is 11.6 Å². The molecule has 0 aliphatic heterocycles. The molecule has 8 heteroatoms. The number of sulfone groups is 1. The van der Waals surface area contributed by atoms with E-state index in [1.54, 1.807) is 12.1 Å². The molecule has 0 aliphatic carbocycles. The van der Waals surface area contributed by atoms with Gasteiger partial charge in [-0.15, -0.1) is 0 Å². The maximum atomic E-state index is 11.5. The minimum absolute atomic E-state index is 0.176. The number of carbonyl (C=O) groups is 2. The monoisotopic (exact) mass is 305 g/mol. The Bertz CT molecular complexity index is 599. The van der Waals surface area contributed by atoms with E-state index in [1.807, 2.05) is 0 Å². The van der Waals surface area contributed by atoms with E-state index in [4.69, 9.17) is 16.7 Å². The van der Waals surface area contributed by atoms with E-state index in [2.05, 4.69) is 5.32 Å². The number of aliphatic carboxylic acids is 1. The van der Waals surface area contributed by atoms with Gasteiger partial charge >= 0.3 is 5.97 Å². The molecule has 1 amide bonds. The van der Waals surface area contributed by atoms with Crippen molar-refractivity contribution in [1.82, 2.24) is 5.32 Å². The van der Waals surface area contributed by atoms with Gasteiger partial charge < -0.3 is 10.4 Å². The minimum Gasteiger partial charge on any atom is -0.479 e. The Kier molecular flexibility index (Phi) is 4.90. The lowest BCUT2D eigenvalue weighted by Gasteiger charge is -2.15. The van der Waals surface area contributed by atoms with E-state index >= 15 is 0 Å². The van der Waals surface area contributed by atoms with Gasteiger partial charge in [-0.2, -0.15) is 0 Å². The van der Waals surface area contributed by atoms with Crippen LogP contribution in [0.5, 0.6) is 0 Å². The zero-order chi connectivity index (χ0) is 14.6. The van der Waals surface area contributed by atoms with Gasteiger partial charge in [0.15, 0.2) is 15.9 Å². The smallest absolute Gasteiger partial charge is 0.330 e. The summed E-state index contributed by atoms with van der Waals surface area (Å²) in [6, 6.07) is 4.73. The van der Waals surface area contributed by atoms with Crippen molar-refractivity contribution in [2.24, 2.45) is 0 Å². The molecule has 19 heavy (non-hydrogen) atoms. The molecule has 0 saturated carbocycles. The van der Waals surface area contributed by atoms with Crippen molar-refractivity contribution in [2.75, 3.05) is 12.0 Å². The first-order chi connectivity index (χ1) is 8.70. The zero-order valence-corrected chi connectivity index (χ0v) is 11.5. The van der Waals surface area contributed by atoms with Crippen molar-refractivity contribution in [3.8, 4) is 0 Å². The number of nitrogens with one attached hydrogen (secondary N) is 1. The molecule has 1 atom stereocenters. The van der Waals surface area contributed by atoms with E-state index < -0.39 is 33.5 Å². The SMILES string of the molecule is CS(=O)(=O)CC(=O)N[C@@H](C(=O)O)c1ccccc1Cl. The molecule has 0 radical (unpaired) electrons. The van der Waals surface area contributed by atoms with Gasteiger partial charge in [-0.3, -0.25) is 4.79 Å². The highest BCUT2D eigenvalue weighted by atomic mass is 35.5. The lowest BCUT2D eigenvalue weighted by Crippen LogP contribution is -2.37. The maximum Gasteiger partial charge on any atom is 0.330 e. The predicted molar refractivity (Wildman–Crippen MR) is 69.7 cm³/mol. The van der Waals surface area contributed by atoms with Crippen molar-refractivity contribution < 1.29 is 23.1 Å². The summed E-state index contributed by atoms with van der Waals surface area (Å²) in [4.78, 5) is 22.6. The number of amides is 1. The first kappa shape index (κ1) is 15.5. The van der Waals surface area contributed by atoms with Crippen LogP contribution in [0.25, 0.3) is 0 Å². The summed E-state index contributed by atoms with van der Waals surface area (Å²) in [5.74, 6) is -2.99. The Morgan fingerprint density at radius 3 is 2.42 bits per heavy atom. The summed E-state index contributed by atoms with van der Waals surface area (Å²) in [6.07, 6.45) is 0.887. The molecule has 104 valence electrons. The molecule has 1 rings (SSSR count). The van der Waals surface area contributed by atoms with Gasteiger partial charge in [0, 0.05) is 16.8 Å². The molecule has 0 fully saturated rings. The second-order valence-corrected chi connectivity index (χ2v) is 6.48. The standard InChI is InChI=1S/C11H12ClNO5S/c1-19(17,18)6-9(14)13-10(11(15)16)7-4-2-3-5-8(7)12/h2-5,10H,6H2,1H3,(H,13,14)(H,15,16)/t10-/m1/s1. The van der Waals surface area contributed by atoms with Crippen LogP contribution in [-0.4, -0.2) is 37.4 Å². The molecule has 0 aliphatic rings.